The van der Waals surface area contributed by atoms with E-state index in [4.69, 9.17) is 0 Å². The lowest BCUT2D eigenvalue weighted by atomic mass is 9.92. The summed E-state index contributed by atoms with van der Waals surface area (Å²) < 4.78 is 58.7. The highest BCUT2D eigenvalue weighted by atomic mass is 19.3. The molecule has 1 aliphatic rings. The van der Waals surface area contributed by atoms with Crippen molar-refractivity contribution < 1.29 is 27.1 Å². The van der Waals surface area contributed by atoms with Crippen LogP contribution in [0, 0.1) is 0 Å². The average molecular weight is 272 g/mol. The fourth-order valence-electron chi connectivity index (χ4n) is 1.79. The number of carbonyl (C=O) groups is 1. The molecule has 0 aromatic heterocycles. The molecule has 0 aliphatic heterocycles. The van der Waals surface area contributed by atoms with Gasteiger partial charge in [-0.25, -0.2) is 4.39 Å². The number of ketones is 1. The minimum atomic E-state index is -4.29. The Labute approximate surface area is 106 Å². The second-order valence-electron chi connectivity index (χ2n) is 3.81. The molecule has 0 saturated heterocycles. The monoisotopic (exact) mass is 272 g/mol. The highest BCUT2D eigenvalue weighted by Gasteiger charge is 2.52. The van der Waals surface area contributed by atoms with E-state index in [1.54, 1.807) is 6.07 Å². The van der Waals surface area contributed by atoms with Crippen LogP contribution in [0.25, 0.3) is 5.57 Å². The summed E-state index contributed by atoms with van der Waals surface area (Å²) in [6, 6.07) is 6.89. The maximum atomic E-state index is 13.8. The number of carbonyl (C=O) groups excluding carboxylic acids is 1. The third-order valence-corrected chi connectivity index (χ3v) is 2.67. The number of rotatable bonds is 2. The number of alkyl halides is 2. The summed E-state index contributed by atoms with van der Waals surface area (Å²) in [5.41, 5.74) is -1.10. The third kappa shape index (κ3) is 1.93. The largest absolute Gasteiger partial charge is 0.492 e. The maximum absolute atomic E-state index is 13.8. The Morgan fingerprint density at radius 2 is 1.68 bits per heavy atom. The summed E-state index contributed by atoms with van der Waals surface area (Å²) in [5, 5.41) is 0. The van der Waals surface area contributed by atoms with Crippen LogP contribution in [0.2, 0.25) is 0 Å². The molecule has 6 heteroatoms. The van der Waals surface area contributed by atoms with Crippen LogP contribution >= 0.6 is 0 Å². The molecule has 2 rings (SSSR count). The molecule has 0 fully saturated rings. The van der Waals surface area contributed by atoms with Crippen molar-refractivity contribution in [3.63, 3.8) is 0 Å². The van der Waals surface area contributed by atoms with Crippen molar-refractivity contribution in [1.29, 1.82) is 0 Å². The number of ether oxygens (including phenoxy) is 1. The zero-order chi connectivity index (χ0) is 14.2. The number of halogens is 4. The summed E-state index contributed by atoms with van der Waals surface area (Å²) in [6.45, 7) is 0. The molecule has 0 atom stereocenters. The molecule has 0 heterocycles. The highest BCUT2D eigenvalue weighted by molar-refractivity contribution is 6.29. The van der Waals surface area contributed by atoms with Gasteiger partial charge in [-0.15, -0.1) is 0 Å². The standard InChI is InChI=1S/C13H8F4O2/c1-19-12-9(14)10(18)8(11(15)13(12,16)17)7-5-3-2-4-6-7/h2-6H,1H3. The second kappa shape index (κ2) is 4.53. The van der Waals surface area contributed by atoms with E-state index in [2.05, 4.69) is 4.74 Å². The van der Waals surface area contributed by atoms with Gasteiger partial charge in [0, 0.05) is 0 Å². The van der Waals surface area contributed by atoms with Gasteiger partial charge >= 0.3 is 5.92 Å². The molecule has 1 aromatic carbocycles. The van der Waals surface area contributed by atoms with Crippen LogP contribution in [0.3, 0.4) is 0 Å². The molecule has 0 radical (unpaired) electrons. The fraction of sp³-hybridized carbons (Fsp3) is 0.154. The molecule has 100 valence electrons. The molecule has 0 N–H and O–H groups in total. The van der Waals surface area contributed by atoms with Gasteiger partial charge in [-0.1, -0.05) is 30.3 Å². The van der Waals surface area contributed by atoms with Crippen LogP contribution in [0.15, 0.2) is 47.7 Å². The molecular formula is C13H8F4O2. The molecule has 2 nitrogen and oxygen atoms in total. The second-order valence-corrected chi connectivity index (χ2v) is 3.81. The van der Waals surface area contributed by atoms with E-state index < -0.39 is 34.7 Å². The zero-order valence-electron chi connectivity index (χ0n) is 9.72. The molecule has 0 amide bonds. The van der Waals surface area contributed by atoms with Crippen molar-refractivity contribution in [2.24, 2.45) is 0 Å². The quantitative estimate of drug-likeness (QED) is 0.771. The first-order valence-electron chi connectivity index (χ1n) is 5.23. The van der Waals surface area contributed by atoms with E-state index in [1.165, 1.54) is 24.3 Å². The number of methoxy groups -OCH3 is 1. The Balaban J connectivity index is 2.67. The fourth-order valence-corrected chi connectivity index (χ4v) is 1.79. The van der Waals surface area contributed by atoms with Crippen molar-refractivity contribution in [2.75, 3.05) is 7.11 Å². The third-order valence-electron chi connectivity index (χ3n) is 2.67. The Kier molecular flexibility index (Phi) is 3.18. The lowest BCUT2D eigenvalue weighted by Gasteiger charge is -2.24. The first kappa shape index (κ1) is 13.3. The van der Waals surface area contributed by atoms with Gasteiger partial charge < -0.3 is 4.74 Å². The predicted octanol–water partition coefficient (Wildman–Crippen LogP) is 3.41. The lowest BCUT2D eigenvalue weighted by Crippen LogP contribution is -2.31. The number of benzene rings is 1. The van der Waals surface area contributed by atoms with E-state index in [0.717, 1.165) is 7.11 Å². The summed E-state index contributed by atoms with van der Waals surface area (Å²) in [5.74, 6) is -11.1. The van der Waals surface area contributed by atoms with Gasteiger partial charge in [0.2, 0.25) is 17.4 Å². The molecule has 0 bridgehead atoms. The van der Waals surface area contributed by atoms with Gasteiger partial charge in [-0.3, -0.25) is 4.79 Å². The van der Waals surface area contributed by atoms with Gasteiger partial charge in [-0.05, 0) is 5.56 Å². The number of allylic oxidation sites excluding steroid dienone is 3. The molecular weight excluding hydrogens is 264 g/mol. The van der Waals surface area contributed by atoms with Crippen LogP contribution in [0.4, 0.5) is 17.6 Å². The molecule has 0 saturated carbocycles. The summed E-state index contributed by atoms with van der Waals surface area (Å²) >= 11 is 0. The molecule has 0 spiro atoms. The lowest BCUT2D eigenvalue weighted by molar-refractivity contribution is -0.113. The Bertz CT molecular complexity index is 588. The van der Waals surface area contributed by atoms with Gasteiger partial charge in [0.05, 0.1) is 12.7 Å². The number of hydrogen-bond donors (Lipinski definition) is 0. The highest BCUT2D eigenvalue weighted by Crippen LogP contribution is 2.45. The van der Waals surface area contributed by atoms with Gasteiger partial charge in [-0.2, -0.15) is 13.2 Å². The van der Waals surface area contributed by atoms with Crippen LogP contribution < -0.4 is 0 Å². The SMILES string of the molecule is COC1=C(F)C(=O)C(c2ccccc2)=C(F)C1(F)F. The molecule has 1 aliphatic carbocycles. The van der Waals surface area contributed by atoms with E-state index >= 15 is 0 Å². The van der Waals surface area contributed by atoms with Crippen molar-refractivity contribution in [2.45, 2.75) is 5.92 Å². The first-order valence-corrected chi connectivity index (χ1v) is 5.23. The van der Waals surface area contributed by atoms with E-state index in [9.17, 15) is 22.4 Å². The Morgan fingerprint density at radius 1 is 1.11 bits per heavy atom. The van der Waals surface area contributed by atoms with Gasteiger partial charge in [0.25, 0.3) is 0 Å². The zero-order valence-corrected chi connectivity index (χ0v) is 9.72. The number of Topliss-reactive ketones (excluding diaryl/α,β-unsaturated/α-hetero) is 1. The van der Waals surface area contributed by atoms with Crippen LogP contribution in [-0.4, -0.2) is 18.8 Å². The molecule has 1 aromatic rings. The first-order chi connectivity index (χ1) is 8.91. The van der Waals surface area contributed by atoms with Crippen molar-refractivity contribution in [3.8, 4) is 0 Å². The van der Waals surface area contributed by atoms with Crippen molar-refractivity contribution in [3.05, 3.63) is 53.3 Å². The smallest absolute Gasteiger partial charge is 0.358 e. The summed E-state index contributed by atoms with van der Waals surface area (Å²) in [4.78, 5) is 11.6. The normalized spacial score (nSPS) is 18.9. The van der Waals surface area contributed by atoms with Crippen LogP contribution in [-0.2, 0) is 9.53 Å². The van der Waals surface area contributed by atoms with Crippen LogP contribution in [0.1, 0.15) is 5.56 Å². The Morgan fingerprint density at radius 3 is 2.21 bits per heavy atom. The topological polar surface area (TPSA) is 26.3 Å². The number of hydrogen-bond acceptors (Lipinski definition) is 2. The maximum Gasteiger partial charge on any atom is 0.358 e. The molecule has 0 unspecified atom stereocenters. The average Bonchev–Trinajstić information content (AvgIpc) is 2.39. The van der Waals surface area contributed by atoms with Gasteiger partial charge in [0.1, 0.15) is 0 Å². The minimum absolute atomic E-state index is 0.116. The van der Waals surface area contributed by atoms with Crippen molar-refractivity contribution in [1.82, 2.24) is 0 Å². The van der Waals surface area contributed by atoms with Crippen LogP contribution in [0.5, 0.6) is 0 Å². The van der Waals surface area contributed by atoms with E-state index in [1.807, 2.05) is 0 Å². The molecule has 19 heavy (non-hydrogen) atoms. The summed E-state index contributed by atoms with van der Waals surface area (Å²) in [7, 11) is 0.747. The van der Waals surface area contributed by atoms with E-state index in [0.29, 0.717) is 0 Å². The van der Waals surface area contributed by atoms with Gasteiger partial charge in [0.15, 0.2) is 5.83 Å². The minimum Gasteiger partial charge on any atom is -0.492 e. The Hall–Kier alpha value is -2.11. The summed E-state index contributed by atoms with van der Waals surface area (Å²) in [6.07, 6.45) is 0. The van der Waals surface area contributed by atoms with Crippen molar-refractivity contribution >= 4 is 11.4 Å². The predicted molar refractivity (Wildman–Crippen MR) is 59.6 cm³/mol. The van der Waals surface area contributed by atoms with E-state index in [-0.39, 0.29) is 5.56 Å².